The number of aryl methyl sites for hydroxylation is 4. The second-order valence-corrected chi connectivity index (χ2v) is 12.8. The van der Waals surface area contributed by atoms with Crippen LogP contribution in [0.15, 0.2) is 72.8 Å². The molecule has 0 unspecified atom stereocenters. The SMILES string of the molecule is C=C1C(=O)N(c2cc(C)c(C)c(OC)c2)[C@@H]1c1ccc(C)c(O)c1.COc1cc(N2C(=O)[C@@H](C)[C@H]2c2ccc(C)c(O)c2)cc(C)c1C. The average Bonchev–Trinajstić information content (AvgIpc) is 3.07. The first-order valence-corrected chi connectivity index (χ1v) is 15.9. The maximum absolute atomic E-state index is 12.5. The number of phenols is 2. The van der Waals surface area contributed by atoms with Gasteiger partial charge in [0.15, 0.2) is 0 Å². The molecule has 8 nitrogen and oxygen atoms in total. The zero-order valence-corrected chi connectivity index (χ0v) is 29.1. The van der Waals surface area contributed by atoms with Crippen LogP contribution in [-0.2, 0) is 9.59 Å². The summed E-state index contributed by atoms with van der Waals surface area (Å²) in [6.45, 7) is 17.5. The smallest absolute Gasteiger partial charge is 0.256 e. The number of phenolic OH excluding ortho intramolecular Hbond substituents is 2. The van der Waals surface area contributed by atoms with Crippen LogP contribution in [-0.4, -0.2) is 36.2 Å². The molecule has 0 bridgehead atoms. The van der Waals surface area contributed by atoms with Crippen molar-refractivity contribution < 1.29 is 29.3 Å². The van der Waals surface area contributed by atoms with Gasteiger partial charge in [-0.2, -0.15) is 0 Å². The predicted molar refractivity (Wildman–Crippen MR) is 189 cm³/mol. The fraction of sp³-hybridized carbons (Fsp3) is 0.300. The minimum Gasteiger partial charge on any atom is -0.508 e. The van der Waals surface area contributed by atoms with Gasteiger partial charge in [-0.1, -0.05) is 37.8 Å². The van der Waals surface area contributed by atoms with Crippen LogP contribution in [0.4, 0.5) is 11.4 Å². The number of benzene rings is 4. The van der Waals surface area contributed by atoms with E-state index in [2.05, 4.69) is 6.58 Å². The van der Waals surface area contributed by atoms with E-state index in [0.717, 1.165) is 67.4 Å². The highest BCUT2D eigenvalue weighted by Gasteiger charge is 2.46. The topological polar surface area (TPSA) is 99.5 Å². The van der Waals surface area contributed by atoms with Crippen LogP contribution in [0.5, 0.6) is 23.0 Å². The van der Waals surface area contributed by atoms with E-state index in [1.165, 1.54) is 0 Å². The van der Waals surface area contributed by atoms with E-state index in [-0.39, 0.29) is 41.3 Å². The molecule has 2 aliphatic rings. The lowest BCUT2D eigenvalue weighted by Gasteiger charge is -2.46. The van der Waals surface area contributed by atoms with Gasteiger partial charge >= 0.3 is 0 Å². The fourth-order valence-electron chi connectivity index (χ4n) is 6.38. The number of aromatic hydroxyl groups is 2. The van der Waals surface area contributed by atoms with Crippen molar-refractivity contribution in [3.8, 4) is 23.0 Å². The summed E-state index contributed by atoms with van der Waals surface area (Å²) in [7, 11) is 3.26. The molecule has 0 aliphatic carbocycles. The number of anilines is 2. The van der Waals surface area contributed by atoms with E-state index >= 15 is 0 Å². The number of methoxy groups -OCH3 is 2. The summed E-state index contributed by atoms with van der Waals surface area (Å²) < 4.78 is 10.9. The number of β-lactam (4-membered cyclic amide) rings is 2. The second kappa shape index (κ2) is 13.1. The Kier molecular flexibility index (Phi) is 9.31. The standard InChI is InChI=1S/C20H23NO3.C20H21NO3/c2*1-11-6-7-15(9-17(11)22)19-14(4)20(23)21(19)16-8-12(2)13(3)18(10-16)24-5/h6-10,14,19,22H,1-5H3;6-10,19,22H,4H2,1-3,5H3/t14-,19-;19-/m00/s1. The van der Waals surface area contributed by atoms with E-state index in [1.807, 2.05) is 97.0 Å². The van der Waals surface area contributed by atoms with Crippen LogP contribution < -0.4 is 19.3 Å². The maximum atomic E-state index is 12.5. The van der Waals surface area contributed by atoms with Crippen molar-refractivity contribution in [2.75, 3.05) is 24.0 Å². The van der Waals surface area contributed by atoms with Crippen molar-refractivity contribution in [2.24, 2.45) is 5.92 Å². The number of hydrogen-bond donors (Lipinski definition) is 2. The van der Waals surface area contributed by atoms with Gasteiger partial charge in [0.2, 0.25) is 5.91 Å². The number of hydrogen-bond acceptors (Lipinski definition) is 6. The van der Waals surface area contributed by atoms with Gasteiger partial charge in [-0.15, -0.1) is 0 Å². The Balaban J connectivity index is 0.000000188. The Labute approximate surface area is 282 Å². The number of ether oxygens (including phenoxy) is 2. The molecular weight excluding hydrogens is 604 g/mol. The number of carbonyl (C=O) groups is 2. The molecule has 2 heterocycles. The Morgan fingerprint density at radius 1 is 0.646 bits per heavy atom. The monoisotopic (exact) mass is 648 g/mol. The molecule has 8 heteroatoms. The minimum absolute atomic E-state index is 0.0733. The maximum Gasteiger partial charge on any atom is 0.256 e. The molecule has 2 N–H and O–H groups in total. The molecule has 0 aromatic heterocycles. The molecule has 6 rings (SSSR count). The summed E-state index contributed by atoms with van der Waals surface area (Å²) in [6, 6.07) is 18.5. The van der Waals surface area contributed by atoms with E-state index in [9.17, 15) is 19.8 Å². The molecular formula is C40H44N2O6. The van der Waals surface area contributed by atoms with Crippen LogP contribution in [0, 0.1) is 47.5 Å². The van der Waals surface area contributed by atoms with Gasteiger partial charge in [0, 0.05) is 29.1 Å². The van der Waals surface area contributed by atoms with Crippen molar-refractivity contribution in [3.05, 3.63) is 117 Å². The number of amides is 2. The van der Waals surface area contributed by atoms with Crippen LogP contribution >= 0.6 is 0 Å². The van der Waals surface area contributed by atoms with Gasteiger partial charge in [0.1, 0.15) is 23.0 Å². The third-order valence-corrected chi connectivity index (χ3v) is 9.79. The predicted octanol–water partition coefficient (Wildman–Crippen LogP) is 8.02. The normalized spacial score (nSPS) is 18.5. The number of carbonyl (C=O) groups excluding carboxylic acids is 2. The van der Waals surface area contributed by atoms with Gasteiger partial charge in [-0.05, 0) is 110 Å². The molecule has 2 amide bonds. The van der Waals surface area contributed by atoms with Crippen molar-refractivity contribution in [3.63, 3.8) is 0 Å². The van der Waals surface area contributed by atoms with Crippen LogP contribution in [0.2, 0.25) is 0 Å². The van der Waals surface area contributed by atoms with Crippen LogP contribution in [0.25, 0.3) is 0 Å². The third kappa shape index (κ3) is 5.87. The van der Waals surface area contributed by atoms with Crippen molar-refractivity contribution in [2.45, 2.75) is 60.5 Å². The Bertz CT molecular complexity index is 1950. The Morgan fingerprint density at radius 3 is 1.58 bits per heavy atom. The Hall–Kier alpha value is -5.24. The van der Waals surface area contributed by atoms with Gasteiger partial charge in [-0.3, -0.25) is 14.5 Å². The summed E-state index contributed by atoms with van der Waals surface area (Å²) in [4.78, 5) is 28.4. The first-order valence-electron chi connectivity index (χ1n) is 15.9. The van der Waals surface area contributed by atoms with E-state index in [0.29, 0.717) is 5.57 Å². The van der Waals surface area contributed by atoms with Gasteiger partial charge in [-0.25, -0.2) is 0 Å². The zero-order chi connectivity index (χ0) is 35.2. The number of nitrogens with zero attached hydrogens (tertiary/aromatic N) is 2. The molecule has 0 spiro atoms. The van der Waals surface area contributed by atoms with Crippen molar-refractivity contribution >= 4 is 23.2 Å². The summed E-state index contributed by atoms with van der Waals surface area (Å²) >= 11 is 0. The quantitative estimate of drug-likeness (QED) is 0.162. The Morgan fingerprint density at radius 2 is 1.10 bits per heavy atom. The summed E-state index contributed by atoms with van der Waals surface area (Å²) in [5.41, 5.74) is 9.83. The van der Waals surface area contributed by atoms with Crippen LogP contribution in [0.1, 0.15) is 63.5 Å². The minimum atomic E-state index is -0.268. The molecule has 48 heavy (non-hydrogen) atoms. The van der Waals surface area contributed by atoms with E-state index in [1.54, 1.807) is 36.2 Å². The van der Waals surface area contributed by atoms with Gasteiger partial charge in [0.25, 0.3) is 5.91 Å². The highest BCUT2D eigenvalue weighted by Crippen LogP contribution is 2.46. The largest absolute Gasteiger partial charge is 0.508 e. The molecule has 2 aliphatic heterocycles. The molecule has 3 atom stereocenters. The van der Waals surface area contributed by atoms with Crippen molar-refractivity contribution in [1.82, 2.24) is 0 Å². The molecule has 2 fully saturated rings. The molecule has 2 saturated heterocycles. The lowest BCUT2D eigenvalue weighted by molar-refractivity contribution is -0.129. The molecule has 4 aromatic carbocycles. The lowest BCUT2D eigenvalue weighted by atomic mass is 9.82. The molecule has 0 saturated carbocycles. The van der Waals surface area contributed by atoms with E-state index < -0.39 is 0 Å². The molecule has 250 valence electrons. The second-order valence-electron chi connectivity index (χ2n) is 12.8. The summed E-state index contributed by atoms with van der Waals surface area (Å²) in [6.07, 6.45) is 0. The molecule has 0 radical (unpaired) electrons. The fourth-order valence-corrected chi connectivity index (χ4v) is 6.38. The first kappa shape index (κ1) is 34.1. The summed E-state index contributed by atoms with van der Waals surface area (Å²) in [5.74, 6) is 1.88. The third-order valence-electron chi connectivity index (χ3n) is 9.79. The first-order chi connectivity index (χ1) is 22.7. The molecule has 4 aromatic rings. The number of rotatable bonds is 6. The highest BCUT2D eigenvalue weighted by molar-refractivity contribution is 6.15. The van der Waals surface area contributed by atoms with Crippen molar-refractivity contribution in [1.29, 1.82) is 0 Å². The van der Waals surface area contributed by atoms with Crippen LogP contribution in [0.3, 0.4) is 0 Å². The summed E-state index contributed by atoms with van der Waals surface area (Å²) in [5, 5.41) is 20.0. The van der Waals surface area contributed by atoms with Gasteiger partial charge < -0.3 is 24.6 Å². The lowest BCUT2D eigenvalue weighted by Crippen LogP contribution is -2.54. The highest BCUT2D eigenvalue weighted by atomic mass is 16.5. The van der Waals surface area contributed by atoms with E-state index in [4.69, 9.17) is 9.47 Å². The average molecular weight is 649 g/mol. The zero-order valence-electron chi connectivity index (χ0n) is 29.1. The van der Waals surface area contributed by atoms with Gasteiger partial charge in [0.05, 0.1) is 32.2 Å².